The van der Waals surface area contributed by atoms with Crippen LogP contribution in [0.2, 0.25) is 0 Å². The topological polar surface area (TPSA) is 56.4 Å². The normalized spacial score (nSPS) is 20.5. The summed E-state index contributed by atoms with van der Waals surface area (Å²) in [6, 6.07) is 13.3. The van der Waals surface area contributed by atoms with Crippen LogP contribution in [0.4, 0.5) is 10.1 Å². The third-order valence-electron chi connectivity index (χ3n) is 5.54. The van der Waals surface area contributed by atoms with Crippen LogP contribution in [0.5, 0.6) is 0 Å². The van der Waals surface area contributed by atoms with Gasteiger partial charge in [0.25, 0.3) is 5.91 Å². The monoisotopic (exact) mass is 363 g/mol. The van der Waals surface area contributed by atoms with Crippen molar-refractivity contribution in [1.82, 2.24) is 9.88 Å². The number of amides is 2. The van der Waals surface area contributed by atoms with Crippen LogP contribution in [0.1, 0.15) is 17.7 Å². The zero-order valence-corrected chi connectivity index (χ0v) is 14.6. The molecule has 27 heavy (non-hydrogen) atoms. The number of carbonyl (C=O) groups is 2. The lowest BCUT2D eigenvalue weighted by molar-refractivity contribution is -0.123. The summed E-state index contributed by atoms with van der Waals surface area (Å²) in [5.74, 6) is -0.628. The van der Waals surface area contributed by atoms with E-state index in [-0.39, 0.29) is 24.1 Å². The predicted molar refractivity (Wildman–Crippen MR) is 99.7 cm³/mol. The maximum absolute atomic E-state index is 13.7. The fraction of sp³-hybridized carbons (Fsp3) is 0.238. The van der Waals surface area contributed by atoms with Gasteiger partial charge in [0.2, 0.25) is 5.91 Å². The SMILES string of the molecule is O=C1CC(N2CCc3[nH]c4ccc(F)cc4c3C2)C(=O)N1c1ccccc1. The number of hydrogen-bond acceptors (Lipinski definition) is 3. The van der Waals surface area contributed by atoms with Crippen LogP contribution in [-0.4, -0.2) is 34.3 Å². The summed E-state index contributed by atoms with van der Waals surface area (Å²) in [6.45, 7) is 1.22. The Bertz CT molecular complexity index is 1060. The molecule has 2 amide bonds. The molecule has 1 fully saturated rings. The first kappa shape index (κ1) is 16.2. The minimum absolute atomic E-state index is 0.174. The highest BCUT2D eigenvalue weighted by Crippen LogP contribution is 2.32. The molecule has 3 heterocycles. The van der Waals surface area contributed by atoms with Gasteiger partial charge in [-0.25, -0.2) is 9.29 Å². The second-order valence-corrected chi connectivity index (χ2v) is 7.12. The van der Waals surface area contributed by atoms with Crippen LogP contribution in [0.15, 0.2) is 48.5 Å². The van der Waals surface area contributed by atoms with E-state index in [4.69, 9.17) is 0 Å². The fourth-order valence-electron chi connectivity index (χ4n) is 4.22. The summed E-state index contributed by atoms with van der Waals surface area (Å²) >= 11 is 0. The summed E-state index contributed by atoms with van der Waals surface area (Å²) in [6.07, 6.45) is 0.925. The Balaban J connectivity index is 1.45. The van der Waals surface area contributed by atoms with E-state index in [0.29, 0.717) is 18.8 Å². The largest absolute Gasteiger partial charge is 0.358 e. The van der Waals surface area contributed by atoms with Gasteiger partial charge in [0.15, 0.2) is 0 Å². The number of nitrogens with zero attached hydrogens (tertiary/aromatic N) is 2. The highest BCUT2D eigenvalue weighted by atomic mass is 19.1. The number of aromatic nitrogens is 1. The second-order valence-electron chi connectivity index (χ2n) is 7.12. The van der Waals surface area contributed by atoms with Crippen molar-refractivity contribution in [2.24, 2.45) is 0 Å². The predicted octanol–water partition coefficient (Wildman–Crippen LogP) is 3.00. The summed E-state index contributed by atoms with van der Waals surface area (Å²) < 4.78 is 13.7. The number of aromatic amines is 1. The molecule has 0 bridgehead atoms. The molecule has 5 nitrogen and oxygen atoms in total. The molecule has 6 heteroatoms. The molecule has 1 atom stereocenters. The van der Waals surface area contributed by atoms with Gasteiger partial charge in [-0.3, -0.25) is 14.5 Å². The number of halogens is 1. The van der Waals surface area contributed by atoms with Crippen molar-refractivity contribution in [2.75, 3.05) is 11.4 Å². The molecular weight excluding hydrogens is 345 g/mol. The Labute approximate surface area is 155 Å². The third kappa shape index (κ3) is 2.56. The van der Waals surface area contributed by atoms with Crippen molar-refractivity contribution in [3.05, 3.63) is 65.6 Å². The quantitative estimate of drug-likeness (QED) is 0.712. The number of nitrogens with one attached hydrogen (secondary N) is 1. The molecule has 5 rings (SSSR count). The Hall–Kier alpha value is -2.99. The number of para-hydroxylation sites is 1. The van der Waals surface area contributed by atoms with E-state index in [0.717, 1.165) is 28.6 Å². The number of imide groups is 1. The molecule has 2 aliphatic rings. The zero-order chi connectivity index (χ0) is 18.5. The molecule has 0 saturated carbocycles. The van der Waals surface area contributed by atoms with Crippen molar-refractivity contribution >= 4 is 28.4 Å². The van der Waals surface area contributed by atoms with Gasteiger partial charge in [-0.15, -0.1) is 0 Å². The number of carbonyl (C=O) groups excluding carboxylic acids is 2. The van der Waals surface area contributed by atoms with Gasteiger partial charge in [0.05, 0.1) is 18.2 Å². The molecule has 1 saturated heterocycles. The Morgan fingerprint density at radius 2 is 1.89 bits per heavy atom. The van der Waals surface area contributed by atoms with Gasteiger partial charge < -0.3 is 4.98 Å². The molecule has 1 unspecified atom stereocenters. The molecular formula is C21H18FN3O2. The minimum Gasteiger partial charge on any atom is -0.358 e. The van der Waals surface area contributed by atoms with Gasteiger partial charge in [-0.2, -0.15) is 0 Å². The van der Waals surface area contributed by atoms with Gasteiger partial charge >= 0.3 is 0 Å². The zero-order valence-electron chi connectivity index (χ0n) is 14.6. The van der Waals surface area contributed by atoms with Crippen LogP contribution in [0.25, 0.3) is 10.9 Å². The number of benzene rings is 2. The van der Waals surface area contributed by atoms with Crippen molar-refractivity contribution in [2.45, 2.75) is 25.4 Å². The van der Waals surface area contributed by atoms with Crippen molar-refractivity contribution in [3.63, 3.8) is 0 Å². The van der Waals surface area contributed by atoms with Gasteiger partial charge in [-0.05, 0) is 35.9 Å². The number of fused-ring (bicyclic) bond motifs is 3. The van der Waals surface area contributed by atoms with Gasteiger partial charge in [-0.1, -0.05) is 18.2 Å². The number of H-pyrrole nitrogens is 1. The smallest absolute Gasteiger partial charge is 0.251 e. The van der Waals surface area contributed by atoms with E-state index in [1.807, 2.05) is 23.1 Å². The average Bonchev–Trinajstić information content (AvgIpc) is 3.18. The van der Waals surface area contributed by atoms with Crippen LogP contribution < -0.4 is 4.90 Å². The molecule has 1 aromatic heterocycles. The number of anilines is 1. The van der Waals surface area contributed by atoms with Crippen molar-refractivity contribution in [1.29, 1.82) is 0 Å². The molecule has 0 radical (unpaired) electrons. The Morgan fingerprint density at radius 1 is 1.07 bits per heavy atom. The molecule has 2 aliphatic heterocycles. The first-order chi connectivity index (χ1) is 13.1. The Morgan fingerprint density at radius 3 is 2.70 bits per heavy atom. The third-order valence-corrected chi connectivity index (χ3v) is 5.54. The maximum atomic E-state index is 13.7. The molecule has 3 aromatic rings. The molecule has 2 aromatic carbocycles. The highest BCUT2D eigenvalue weighted by Gasteiger charge is 2.43. The summed E-state index contributed by atoms with van der Waals surface area (Å²) in [5.41, 5.74) is 3.63. The van der Waals surface area contributed by atoms with Crippen molar-refractivity contribution in [3.8, 4) is 0 Å². The van der Waals surface area contributed by atoms with E-state index in [1.165, 1.54) is 17.0 Å². The van der Waals surface area contributed by atoms with Crippen LogP contribution in [0.3, 0.4) is 0 Å². The average molecular weight is 363 g/mol. The summed E-state index contributed by atoms with van der Waals surface area (Å²) in [5, 5.41) is 0.853. The van der Waals surface area contributed by atoms with E-state index < -0.39 is 6.04 Å². The lowest BCUT2D eigenvalue weighted by atomic mass is 10.0. The minimum atomic E-state index is -0.468. The molecule has 1 N–H and O–H groups in total. The van der Waals surface area contributed by atoms with Crippen LogP contribution >= 0.6 is 0 Å². The number of hydrogen-bond donors (Lipinski definition) is 1. The van der Waals surface area contributed by atoms with E-state index >= 15 is 0 Å². The Kier molecular flexibility index (Phi) is 3.62. The van der Waals surface area contributed by atoms with Crippen LogP contribution in [-0.2, 0) is 22.6 Å². The van der Waals surface area contributed by atoms with Crippen molar-refractivity contribution < 1.29 is 14.0 Å². The van der Waals surface area contributed by atoms with E-state index in [2.05, 4.69) is 4.98 Å². The fourth-order valence-corrected chi connectivity index (χ4v) is 4.22. The highest BCUT2D eigenvalue weighted by molar-refractivity contribution is 6.22. The first-order valence-electron chi connectivity index (χ1n) is 9.07. The first-order valence-corrected chi connectivity index (χ1v) is 9.07. The molecule has 136 valence electrons. The lowest BCUT2D eigenvalue weighted by Crippen LogP contribution is -2.44. The lowest BCUT2D eigenvalue weighted by Gasteiger charge is -2.31. The molecule has 0 aliphatic carbocycles. The maximum Gasteiger partial charge on any atom is 0.251 e. The number of rotatable bonds is 2. The second kappa shape index (κ2) is 6.03. The molecule has 0 spiro atoms. The van der Waals surface area contributed by atoms with Crippen LogP contribution in [0, 0.1) is 5.82 Å². The summed E-state index contributed by atoms with van der Waals surface area (Å²) in [7, 11) is 0. The summed E-state index contributed by atoms with van der Waals surface area (Å²) in [4.78, 5) is 32.2. The van der Waals surface area contributed by atoms with E-state index in [1.54, 1.807) is 18.2 Å². The standard InChI is InChI=1S/C21H18FN3O2/c22-13-6-7-17-15(10-13)16-12-24(9-8-18(16)23-17)19-11-20(26)25(21(19)27)14-4-2-1-3-5-14/h1-7,10,19,23H,8-9,11-12H2. The van der Waals surface area contributed by atoms with Gasteiger partial charge in [0.1, 0.15) is 5.82 Å². The van der Waals surface area contributed by atoms with Gasteiger partial charge in [0, 0.05) is 36.1 Å². The van der Waals surface area contributed by atoms with E-state index in [9.17, 15) is 14.0 Å².